The molecule has 6 N–H and O–H groups in total. The van der Waals surface area contributed by atoms with E-state index in [0.29, 0.717) is 0 Å². The van der Waals surface area contributed by atoms with Gasteiger partial charge in [-0.15, -0.1) is 5.10 Å². The lowest BCUT2D eigenvalue weighted by atomic mass is 9.77. The molecule has 0 bridgehead atoms. The topological polar surface area (TPSA) is 268 Å². The third-order valence-corrected chi connectivity index (χ3v) is 7.79. The van der Waals surface area contributed by atoms with Gasteiger partial charge in [-0.1, -0.05) is 43.3 Å². The number of diazo groups is 1. The average molecular weight is 596 g/mol. The number of hydrogen-bond donors (Lipinski definition) is 6. The van der Waals surface area contributed by atoms with Crippen molar-refractivity contribution in [2.45, 2.75) is 24.2 Å². The van der Waals surface area contributed by atoms with E-state index in [4.69, 9.17) is 15.1 Å². The smallest absolute Gasteiger partial charge is 0.342 e. The van der Waals surface area contributed by atoms with Crippen molar-refractivity contribution in [3.8, 4) is 45.6 Å². The summed E-state index contributed by atoms with van der Waals surface area (Å²) in [6, 6.07) is 7.91. The second-order valence-corrected chi connectivity index (χ2v) is 10.7. The maximum absolute atomic E-state index is 13.6. The number of nitrogens with zero attached hydrogens (tertiary/aromatic N) is 5. The van der Waals surface area contributed by atoms with Gasteiger partial charge in [-0.05, 0) is 18.2 Å². The summed E-state index contributed by atoms with van der Waals surface area (Å²) in [5.74, 6) is -5.01. The summed E-state index contributed by atoms with van der Waals surface area (Å²) in [7, 11) is -5.27. The molecule has 214 valence electrons. The molecule has 0 heterocycles. The maximum atomic E-state index is 13.6. The van der Waals surface area contributed by atoms with E-state index >= 15 is 0 Å². The van der Waals surface area contributed by atoms with Crippen LogP contribution in [-0.4, -0.2) is 34.0 Å². The van der Waals surface area contributed by atoms with E-state index in [9.17, 15) is 43.5 Å². The number of aromatic hydroxyl groups is 5. The Hall–Kier alpha value is -5.89. The van der Waals surface area contributed by atoms with Crippen LogP contribution in [-0.2, 0) is 15.5 Å². The highest BCUT2D eigenvalue weighted by Crippen LogP contribution is 2.50. The van der Waals surface area contributed by atoms with E-state index in [2.05, 4.69) is 20.5 Å². The van der Waals surface area contributed by atoms with Crippen molar-refractivity contribution in [2.24, 2.45) is 15.4 Å². The van der Waals surface area contributed by atoms with Crippen molar-refractivity contribution in [3.63, 3.8) is 0 Å². The molecular weight excluding hydrogens is 576 g/mol. The second kappa shape index (κ2) is 10.3. The van der Waals surface area contributed by atoms with Crippen LogP contribution in [0, 0.1) is 10.9 Å². The summed E-state index contributed by atoms with van der Waals surface area (Å²) >= 11 is 0. The molecule has 0 aromatic heterocycles. The van der Waals surface area contributed by atoms with Crippen LogP contribution in [0.25, 0.3) is 16.2 Å². The monoisotopic (exact) mass is 595 g/mol. The fraction of sp³-hybridized carbons (Fsp3) is 0.120. The van der Waals surface area contributed by atoms with Gasteiger partial charge in [0, 0.05) is 27.7 Å². The van der Waals surface area contributed by atoms with Crippen LogP contribution < -0.4 is 25.8 Å². The van der Waals surface area contributed by atoms with Crippen molar-refractivity contribution in [3.05, 3.63) is 89.8 Å². The van der Waals surface area contributed by atoms with Gasteiger partial charge >= 0.3 is 15.2 Å². The lowest BCUT2D eigenvalue weighted by Crippen LogP contribution is -2.45. The number of nitrogens with one attached hydrogen (secondary N) is 1. The predicted molar refractivity (Wildman–Crippen MR) is 140 cm³/mol. The molecule has 4 rings (SSSR count). The van der Waals surface area contributed by atoms with E-state index in [1.807, 2.05) is 0 Å². The van der Waals surface area contributed by atoms with Crippen molar-refractivity contribution in [1.82, 2.24) is 0 Å². The fourth-order valence-corrected chi connectivity index (χ4v) is 5.74. The highest BCUT2D eigenvalue weighted by molar-refractivity contribution is 7.87. The first kappa shape index (κ1) is 29.1. The molecule has 42 heavy (non-hydrogen) atoms. The number of benzene rings is 4. The lowest BCUT2D eigenvalue weighted by molar-refractivity contribution is 0.356. The Morgan fingerprint density at radius 1 is 0.881 bits per heavy atom. The fourth-order valence-electron chi connectivity index (χ4n) is 4.45. The SMILES string of the molecule is CC(C)(c1ccc(O)c(O)c1O)c1ccc(OS(=O)(=O)c2c3c(=NN=N)cccc-3c(=O)c(=O)c2=N[N+]#N)c(O)c1O. The van der Waals surface area contributed by atoms with Gasteiger partial charge in [0.1, 0.15) is 0 Å². The molecule has 0 saturated heterocycles. The highest BCUT2D eigenvalue weighted by atomic mass is 32.2. The minimum absolute atomic E-state index is 0.0102. The standard InChI is InChI=1S/C25H18N6O10S/c1-25(2,11-6-8-14(32)21(36)19(11)34)12-7-9-15(22(37)20(12)35)41-42(39,40)24-16-10(4-3-5-13(16)28-30-26)18(33)23(38)17(24)29-31-27/h3-9H,1-2H3,(H5,26,27,28,29,30,31,32,33,34,35,36,37,38)/p+1. The first-order valence-electron chi connectivity index (χ1n) is 11.5. The summed E-state index contributed by atoms with van der Waals surface area (Å²) < 4.78 is 32.2. The normalized spacial score (nSPS) is 12.8. The molecule has 16 nitrogen and oxygen atoms in total. The zero-order valence-corrected chi connectivity index (χ0v) is 22.3. The van der Waals surface area contributed by atoms with E-state index in [-0.39, 0.29) is 16.5 Å². The molecule has 0 aliphatic heterocycles. The van der Waals surface area contributed by atoms with Crippen LogP contribution in [0.4, 0.5) is 0 Å². The van der Waals surface area contributed by atoms with Crippen LogP contribution in [0.2, 0.25) is 0 Å². The first-order chi connectivity index (χ1) is 19.7. The van der Waals surface area contributed by atoms with Crippen LogP contribution >= 0.6 is 0 Å². The Balaban J connectivity index is 1.95. The highest BCUT2D eigenvalue weighted by Gasteiger charge is 2.36. The summed E-state index contributed by atoms with van der Waals surface area (Å²) in [4.78, 5) is 24.3. The third-order valence-electron chi connectivity index (χ3n) is 6.49. The molecule has 0 amide bonds. The van der Waals surface area contributed by atoms with Gasteiger partial charge in [-0.2, -0.15) is 13.9 Å². The van der Waals surface area contributed by atoms with E-state index < -0.39 is 82.3 Å². The van der Waals surface area contributed by atoms with E-state index in [0.717, 1.165) is 24.3 Å². The lowest BCUT2D eigenvalue weighted by Gasteiger charge is -2.28. The Kier molecular flexibility index (Phi) is 7.11. The Labute approximate surface area is 234 Å². The largest absolute Gasteiger partial charge is 0.504 e. The molecule has 0 unspecified atom stereocenters. The molecule has 0 spiro atoms. The Morgan fingerprint density at radius 3 is 2.12 bits per heavy atom. The molecule has 0 saturated carbocycles. The third kappa shape index (κ3) is 4.50. The van der Waals surface area contributed by atoms with Gasteiger partial charge in [0.2, 0.25) is 22.3 Å². The number of rotatable bonds is 6. The predicted octanol–water partition coefficient (Wildman–Crippen LogP) is 1.52. The molecule has 2 aliphatic rings. The van der Waals surface area contributed by atoms with E-state index in [1.54, 1.807) is 0 Å². The maximum Gasteiger partial charge on any atom is 0.342 e. The van der Waals surface area contributed by atoms with Crippen LogP contribution in [0.5, 0.6) is 34.5 Å². The van der Waals surface area contributed by atoms with Gasteiger partial charge in [0.05, 0.1) is 5.36 Å². The minimum atomic E-state index is -5.27. The Bertz CT molecular complexity index is 2150. The molecule has 2 aliphatic carbocycles. The van der Waals surface area contributed by atoms with Crippen LogP contribution in [0.3, 0.4) is 0 Å². The van der Waals surface area contributed by atoms with Crippen LogP contribution in [0.15, 0.2) is 72.4 Å². The second-order valence-electron chi connectivity index (χ2n) is 9.23. The quantitative estimate of drug-likeness (QED) is 0.0464. The number of phenolic OH excluding ortho intramolecular Hbond substituents is 5. The molecule has 2 aromatic carbocycles. The molecular formula is C25H19N6O10S+. The molecule has 0 radical (unpaired) electrons. The molecule has 17 heteroatoms. The van der Waals surface area contributed by atoms with E-state index in [1.165, 1.54) is 32.0 Å². The molecule has 0 atom stereocenters. The summed E-state index contributed by atoms with van der Waals surface area (Å²) in [5.41, 5.74) is 1.85. The van der Waals surface area contributed by atoms with Crippen molar-refractivity contribution >= 4 is 10.1 Å². The number of phenols is 5. The van der Waals surface area contributed by atoms with Crippen molar-refractivity contribution in [2.75, 3.05) is 0 Å². The van der Waals surface area contributed by atoms with Gasteiger partial charge in [-0.25, -0.2) is 0 Å². The van der Waals surface area contributed by atoms with Gasteiger partial charge in [-0.3, -0.25) is 9.59 Å². The van der Waals surface area contributed by atoms with Crippen molar-refractivity contribution < 1.29 is 38.1 Å². The van der Waals surface area contributed by atoms with Crippen LogP contribution in [0.1, 0.15) is 25.0 Å². The van der Waals surface area contributed by atoms with Gasteiger partial charge < -0.3 is 29.7 Å². The zero-order valence-electron chi connectivity index (χ0n) is 21.5. The summed E-state index contributed by atoms with van der Waals surface area (Å²) in [5, 5.41) is 70.8. The van der Waals surface area contributed by atoms with Gasteiger partial charge in [0.15, 0.2) is 33.0 Å². The molecule has 0 fully saturated rings. The number of fused-ring (bicyclic) bond motifs is 1. The van der Waals surface area contributed by atoms with Gasteiger partial charge in [0.25, 0.3) is 10.8 Å². The zero-order chi connectivity index (χ0) is 31.1. The first-order valence-corrected chi connectivity index (χ1v) is 12.9. The minimum Gasteiger partial charge on any atom is -0.504 e. The van der Waals surface area contributed by atoms with Crippen molar-refractivity contribution in [1.29, 1.82) is 10.9 Å². The molecule has 2 aromatic rings. The number of hydrogen-bond acceptors (Lipinski definition) is 14. The average Bonchev–Trinajstić information content (AvgIpc) is 2.93. The Morgan fingerprint density at radius 2 is 1.50 bits per heavy atom. The summed E-state index contributed by atoms with van der Waals surface area (Å²) in [6.45, 7) is 2.95. The summed E-state index contributed by atoms with van der Waals surface area (Å²) in [6.07, 6.45) is 0.